The highest BCUT2D eigenvalue weighted by atomic mass is 15.3. The smallest absolute Gasteiger partial charge is 0.125 e. The molecule has 0 spiro atoms. The van der Waals surface area contributed by atoms with Crippen molar-refractivity contribution in [1.82, 2.24) is 24.6 Å². The maximum Gasteiger partial charge on any atom is 0.125 e. The molecule has 22 heavy (non-hydrogen) atoms. The molecule has 1 saturated heterocycles. The van der Waals surface area contributed by atoms with Crippen LogP contribution in [0.2, 0.25) is 0 Å². The van der Waals surface area contributed by atoms with E-state index in [1.165, 1.54) is 35.4 Å². The van der Waals surface area contributed by atoms with Gasteiger partial charge in [0.25, 0.3) is 0 Å². The van der Waals surface area contributed by atoms with Gasteiger partial charge in [0.15, 0.2) is 0 Å². The minimum absolute atomic E-state index is 0.459. The summed E-state index contributed by atoms with van der Waals surface area (Å²) in [5.74, 6) is 0.884. The molecule has 1 fully saturated rings. The van der Waals surface area contributed by atoms with Gasteiger partial charge in [0.1, 0.15) is 5.82 Å². The summed E-state index contributed by atoms with van der Waals surface area (Å²) >= 11 is 0. The molecule has 5 nitrogen and oxygen atoms in total. The predicted octanol–water partition coefficient (Wildman–Crippen LogP) is 2.65. The van der Waals surface area contributed by atoms with Gasteiger partial charge < -0.3 is 0 Å². The van der Waals surface area contributed by atoms with Gasteiger partial charge >= 0.3 is 0 Å². The Hall–Kier alpha value is -2.01. The van der Waals surface area contributed by atoms with E-state index in [0.29, 0.717) is 12.1 Å². The van der Waals surface area contributed by atoms with Crippen LogP contribution in [0.15, 0.2) is 19.0 Å². The second-order valence-electron chi connectivity index (χ2n) is 6.33. The van der Waals surface area contributed by atoms with Gasteiger partial charge in [0.05, 0.1) is 11.9 Å². The van der Waals surface area contributed by atoms with Crippen LogP contribution in [0.1, 0.15) is 47.2 Å². The third-order valence-electron chi connectivity index (χ3n) is 5.12. The summed E-state index contributed by atoms with van der Waals surface area (Å²) in [5.41, 5.74) is 5.05. The number of hydrogen-bond donors (Lipinski definition) is 0. The molecule has 0 aromatic carbocycles. The van der Waals surface area contributed by atoms with E-state index >= 15 is 0 Å². The molecule has 4 rings (SSSR count). The van der Waals surface area contributed by atoms with Gasteiger partial charge in [-0.05, 0) is 26.7 Å². The van der Waals surface area contributed by atoms with Crippen molar-refractivity contribution in [2.45, 2.75) is 51.7 Å². The molecule has 2 atom stereocenters. The van der Waals surface area contributed by atoms with E-state index in [0.717, 1.165) is 18.8 Å². The molecule has 0 radical (unpaired) electrons. The number of hydrogen-bond acceptors (Lipinski definition) is 4. The molecule has 0 N–H and O–H groups in total. The monoisotopic (exact) mass is 295 g/mol. The molecule has 0 saturated carbocycles. The van der Waals surface area contributed by atoms with E-state index in [-0.39, 0.29) is 0 Å². The zero-order valence-corrected chi connectivity index (χ0v) is 13.2. The van der Waals surface area contributed by atoms with Crippen molar-refractivity contribution < 1.29 is 0 Å². The lowest BCUT2D eigenvalue weighted by atomic mass is 9.98. The lowest BCUT2D eigenvalue weighted by molar-refractivity contribution is 0.165. The van der Waals surface area contributed by atoms with Crippen LogP contribution in [0.3, 0.4) is 0 Å². The van der Waals surface area contributed by atoms with E-state index < -0.39 is 0 Å². The Morgan fingerprint density at radius 2 is 2.18 bits per heavy atom. The number of nitrogens with zero attached hydrogens (tertiary/aromatic N) is 5. The first-order chi connectivity index (χ1) is 10.7. The molecule has 0 unspecified atom stereocenters. The topological polar surface area (TPSA) is 46.8 Å². The highest BCUT2D eigenvalue weighted by Crippen LogP contribution is 2.43. The maximum atomic E-state index is 4.66. The average molecular weight is 295 g/mol. The van der Waals surface area contributed by atoms with Crippen LogP contribution in [0.25, 0.3) is 6.20 Å². The molecule has 5 heteroatoms. The molecular formula is C17H21N5. The number of rotatable bonds is 3. The molecule has 2 aliphatic heterocycles. The summed E-state index contributed by atoms with van der Waals surface area (Å²) in [7, 11) is 0. The minimum Gasteiger partial charge on any atom is -0.288 e. The van der Waals surface area contributed by atoms with Gasteiger partial charge in [-0.15, -0.1) is 0 Å². The summed E-state index contributed by atoms with van der Waals surface area (Å²) in [6, 6.07) is 1.05. The second-order valence-corrected chi connectivity index (χ2v) is 6.33. The van der Waals surface area contributed by atoms with Crippen molar-refractivity contribution in [3.8, 4) is 0 Å². The van der Waals surface area contributed by atoms with E-state index in [1.54, 1.807) is 6.20 Å². The number of aryl methyl sites for hydroxylation is 1. The van der Waals surface area contributed by atoms with E-state index in [1.807, 2.05) is 24.0 Å². The quantitative estimate of drug-likeness (QED) is 0.873. The molecule has 0 amide bonds. The first kappa shape index (κ1) is 13.6. The van der Waals surface area contributed by atoms with Crippen molar-refractivity contribution in [3.63, 3.8) is 0 Å². The largest absolute Gasteiger partial charge is 0.288 e. The normalized spacial score (nSPS) is 23.5. The first-order valence-corrected chi connectivity index (χ1v) is 7.91. The van der Waals surface area contributed by atoms with Crippen molar-refractivity contribution in [2.24, 2.45) is 0 Å². The van der Waals surface area contributed by atoms with Gasteiger partial charge in [-0.3, -0.25) is 4.90 Å². The van der Waals surface area contributed by atoms with E-state index in [9.17, 15) is 0 Å². The maximum absolute atomic E-state index is 4.66. The van der Waals surface area contributed by atoms with Gasteiger partial charge in [0.2, 0.25) is 0 Å². The molecule has 2 aliphatic rings. The van der Waals surface area contributed by atoms with Gasteiger partial charge in [0, 0.05) is 54.3 Å². The average Bonchev–Trinajstić information content (AvgIpc) is 2.99. The van der Waals surface area contributed by atoms with Crippen molar-refractivity contribution in [2.75, 3.05) is 0 Å². The summed E-state index contributed by atoms with van der Waals surface area (Å²) < 4.78 is 1.85. The van der Waals surface area contributed by atoms with Gasteiger partial charge in [-0.1, -0.05) is 6.58 Å². The molecular weight excluding hydrogens is 274 g/mol. The Kier molecular flexibility index (Phi) is 3.11. The second kappa shape index (κ2) is 5.02. The summed E-state index contributed by atoms with van der Waals surface area (Å²) in [6.07, 6.45) is 9.27. The Labute approximate surface area is 130 Å². The minimum atomic E-state index is 0.459. The Balaban J connectivity index is 1.65. The lowest BCUT2D eigenvalue weighted by Gasteiger charge is -2.35. The standard InChI is InChI=1S/C17H21N5/c1-4-22-11(2)13(8-19-22)10-21-14-5-6-17(21)15-9-18-12(3)20-16(15)7-14/h4,8-9,14,17H,1,5-7,10H2,2-3H3/t14-,17-/m1/s1. The lowest BCUT2D eigenvalue weighted by Crippen LogP contribution is -2.37. The number of aromatic nitrogens is 4. The van der Waals surface area contributed by atoms with Crippen LogP contribution < -0.4 is 0 Å². The fraction of sp³-hybridized carbons (Fsp3) is 0.471. The third-order valence-corrected chi connectivity index (χ3v) is 5.12. The molecule has 0 aliphatic carbocycles. The van der Waals surface area contributed by atoms with E-state index in [2.05, 4.69) is 33.5 Å². The molecule has 2 bridgehead atoms. The Bertz CT molecular complexity index is 733. The van der Waals surface area contributed by atoms with Gasteiger partial charge in [-0.25, -0.2) is 14.6 Å². The first-order valence-electron chi connectivity index (χ1n) is 7.91. The van der Waals surface area contributed by atoms with Crippen LogP contribution in [0.5, 0.6) is 0 Å². The van der Waals surface area contributed by atoms with Gasteiger partial charge in [-0.2, -0.15) is 5.10 Å². The third kappa shape index (κ3) is 2.00. The van der Waals surface area contributed by atoms with Crippen molar-refractivity contribution >= 4 is 6.20 Å². The zero-order valence-electron chi connectivity index (χ0n) is 13.2. The fourth-order valence-electron chi connectivity index (χ4n) is 3.92. The predicted molar refractivity (Wildman–Crippen MR) is 85.1 cm³/mol. The van der Waals surface area contributed by atoms with Crippen LogP contribution in [-0.4, -0.2) is 30.7 Å². The van der Waals surface area contributed by atoms with Crippen molar-refractivity contribution in [1.29, 1.82) is 0 Å². The highest BCUT2D eigenvalue weighted by molar-refractivity contribution is 5.31. The van der Waals surface area contributed by atoms with Crippen LogP contribution >= 0.6 is 0 Å². The summed E-state index contributed by atoms with van der Waals surface area (Å²) in [6.45, 7) is 8.83. The van der Waals surface area contributed by atoms with Crippen LogP contribution in [0, 0.1) is 13.8 Å². The molecule has 2 aromatic heterocycles. The van der Waals surface area contributed by atoms with Crippen LogP contribution in [0.4, 0.5) is 0 Å². The SMILES string of the molecule is C=Cn1ncc(CN2[C@@H]3CC[C@@H]2c2cnc(C)nc2C3)c1C. The van der Waals surface area contributed by atoms with E-state index in [4.69, 9.17) is 0 Å². The number of fused-ring (bicyclic) bond motifs is 4. The Morgan fingerprint density at radius 1 is 1.32 bits per heavy atom. The highest BCUT2D eigenvalue weighted by Gasteiger charge is 2.40. The Morgan fingerprint density at radius 3 is 2.95 bits per heavy atom. The van der Waals surface area contributed by atoms with Crippen molar-refractivity contribution in [3.05, 3.63) is 47.3 Å². The molecule has 114 valence electrons. The summed E-state index contributed by atoms with van der Waals surface area (Å²) in [4.78, 5) is 11.7. The molecule has 4 heterocycles. The fourth-order valence-corrected chi connectivity index (χ4v) is 3.92. The van der Waals surface area contributed by atoms with Crippen LogP contribution in [-0.2, 0) is 13.0 Å². The summed E-state index contributed by atoms with van der Waals surface area (Å²) in [5, 5.41) is 4.37. The zero-order chi connectivity index (χ0) is 15.3. The molecule has 2 aromatic rings.